The van der Waals surface area contributed by atoms with Crippen molar-refractivity contribution in [2.24, 2.45) is 0 Å². The molecule has 0 saturated carbocycles. The molecule has 0 bridgehead atoms. The van der Waals surface area contributed by atoms with E-state index >= 15 is 0 Å². The van der Waals surface area contributed by atoms with E-state index in [0.717, 1.165) is 17.0 Å². The molecule has 1 heterocycles. The predicted octanol–water partition coefficient (Wildman–Crippen LogP) is 4.62. The van der Waals surface area contributed by atoms with Crippen molar-refractivity contribution in [3.05, 3.63) is 70.9 Å². The maximum Gasteiger partial charge on any atom is 0.159 e. The largest absolute Gasteiger partial charge is 0.343 e. The van der Waals surface area contributed by atoms with Gasteiger partial charge in [-0.3, -0.25) is 0 Å². The number of fused-ring (bicyclic) bond motifs is 1. The molecule has 3 rings (SSSR count). The van der Waals surface area contributed by atoms with Crippen LogP contribution in [0.5, 0.6) is 0 Å². The smallest absolute Gasteiger partial charge is 0.159 e. The van der Waals surface area contributed by atoms with Gasteiger partial charge in [0.05, 0.1) is 0 Å². The minimum Gasteiger partial charge on any atom is -0.343 e. The molecule has 1 nitrogen and oxygen atoms in total. The third-order valence-electron chi connectivity index (χ3n) is 3.10. The van der Waals surface area contributed by atoms with E-state index in [4.69, 9.17) is 11.6 Å². The number of benzene rings is 2. The molecule has 0 fully saturated rings. The van der Waals surface area contributed by atoms with Gasteiger partial charge in [-0.2, -0.15) is 0 Å². The van der Waals surface area contributed by atoms with Crippen LogP contribution in [0.1, 0.15) is 5.56 Å². The van der Waals surface area contributed by atoms with Crippen molar-refractivity contribution in [2.45, 2.75) is 6.54 Å². The molecule has 0 spiro atoms. The Morgan fingerprint density at radius 3 is 2.63 bits per heavy atom. The molecule has 3 aromatic rings. The first kappa shape index (κ1) is 12.2. The Kier molecular flexibility index (Phi) is 2.99. The monoisotopic (exact) mass is 277 g/mol. The fourth-order valence-electron chi connectivity index (χ4n) is 2.16. The van der Waals surface area contributed by atoms with Crippen molar-refractivity contribution in [2.75, 3.05) is 0 Å². The molecule has 2 aromatic carbocycles. The van der Waals surface area contributed by atoms with Gasteiger partial charge in [-0.05, 0) is 35.9 Å². The van der Waals surface area contributed by atoms with Crippen LogP contribution in [-0.2, 0) is 6.54 Å². The molecular formula is C15H10ClF2N. The number of rotatable bonds is 2. The van der Waals surface area contributed by atoms with E-state index in [1.807, 2.05) is 35.0 Å². The molecule has 0 atom stereocenters. The fraction of sp³-hybridized carbons (Fsp3) is 0.0667. The molecule has 0 saturated heterocycles. The summed E-state index contributed by atoms with van der Waals surface area (Å²) in [7, 11) is 0. The summed E-state index contributed by atoms with van der Waals surface area (Å²) in [5, 5.41) is 1.63. The Morgan fingerprint density at radius 1 is 1.00 bits per heavy atom. The Labute approximate surface area is 114 Å². The highest BCUT2D eigenvalue weighted by Crippen LogP contribution is 2.25. The van der Waals surface area contributed by atoms with Gasteiger partial charge in [0.1, 0.15) is 0 Å². The van der Waals surface area contributed by atoms with E-state index in [9.17, 15) is 8.78 Å². The van der Waals surface area contributed by atoms with Crippen LogP contribution in [0.3, 0.4) is 0 Å². The standard InChI is InChI=1S/C15H10ClF2N/c16-12-2-1-3-15-11(12)6-7-19(15)9-10-4-5-13(17)14(18)8-10/h1-8H,9H2. The molecule has 1 aromatic heterocycles. The van der Waals surface area contributed by atoms with Gasteiger partial charge in [0, 0.05) is 28.7 Å². The summed E-state index contributed by atoms with van der Waals surface area (Å²) >= 11 is 6.10. The zero-order valence-electron chi connectivity index (χ0n) is 9.91. The van der Waals surface area contributed by atoms with Crippen LogP contribution in [0, 0.1) is 11.6 Å². The Bertz CT molecular complexity index is 749. The molecule has 0 aliphatic heterocycles. The second kappa shape index (κ2) is 4.67. The molecule has 4 heteroatoms. The van der Waals surface area contributed by atoms with Gasteiger partial charge >= 0.3 is 0 Å². The van der Waals surface area contributed by atoms with Crippen LogP contribution in [0.15, 0.2) is 48.7 Å². The van der Waals surface area contributed by atoms with Crippen molar-refractivity contribution in [1.29, 1.82) is 0 Å². The first-order chi connectivity index (χ1) is 9.15. The van der Waals surface area contributed by atoms with E-state index in [1.54, 1.807) is 6.07 Å². The van der Waals surface area contributed by atoms with Gasteiger partial charge in [-0.1, -0.05) is 23.7 Å². The summed E-state index contributed by atoms with van der Waals surface area (Å²) in [5.74, 6) is -1.66. The van der Waals surface area contributed by atoms with Gasteiger partial charge in [-0.25, -0.2) is 8.78 Å². The van der Waals surface area contributed by atoms with Gasteiger partial charge in [0.2, 0.25) is 0 Å². The summed E-state index contributed by atoms with van der Waals surface area (Å²) in [6, 6.07) is 11.5. The van der Waals surface area contributed by atoms with E-state index in [1.165, 1.54) is 6.07 Å². The first-order valence-corrected chi connectivity index (χ1v) is 6.20. The molecule has 0 amide bonds. The Morgan fingerprint density at radius 2 is 1.84 bits per heavy atom. The van der Waals surface area contributed by atoms with E-state index in [0.29, 0.717) is 17.1 Å². The van der Waals surface area contributed by atoms with Crippen molar-refractivity contribution in [1.82, 2.24) is 4.57 Å². The van der Waals surface area contributed by atoms with Gasteiger partial charge in [0.25, 0.3) is 0 Å². The van der Waals surface area contributed by atoms with Crippen LogP contribution in [-0.4, -0.2) is 4.57 Å². The van der Waals surface area contributed by atoms with Gasteiger partial charge in [0.15, 0.2) is 11.6 Å². The molecule has 19 heavy (non-hydrogen) atoms. The van der Waals surface area contributed by atoms with Crippen molar-refractivity contribution in [3.63, 3.8) is 0 Å². The van der Waals surface area contributed by atoms with Gasteiger partial charge in [-0.15, -0.1) is 0 Å². The summed E-state index contributed by atoms with van der Waals surface area (Å²) in [6.07, 6.45) is 1.89. The number of aromatic nitrogens is 1. The van der Waals surface area contributed by atoms with Crippen molar-refractivity contribution < 1.29 is 8.78 Å². The van der Waals surface area contributed by atoms with E-state index in [-0.39, 0.29) is 0 Å². The van der Waals surface area contributed by atoms with Crippen LogP contribution >= 0.6 is 11.6 Å². The molecule has 0 N–H and O–H groups in total. The molecule has 0 aliphatic rings. The van der Waals surface area contributed by atoms with Crippen molar-refractivity contribution in [3.8, 4) is 0 Å². The topological polar surface area (TPSA) is 4.93 Å². The normalized spacial score (nSPS) is 11.1. The molecule has 96 valence electrons. The summed E-state index contributed by atoms with van der Waals surface area (Å²) in [5.41, 5.74) is 1.67. The van der Waals surface area contributed by atoms with Crippen LogP contribution < -0.4 is 0 Å². The lowest BCUT2D eigenvalue weighted by Gasteiger charge is -2.06. The quantitative estimate of drug-likeness (QED) is 0.644. The second-order valence-corrected chi connectivity index (χ2v) is 4.77. The fourth-order valence-corrected chi connectivity index (χ4v) is 2.39. The predicted molar refractivity (Wildman–Crippen MR) is 72.4 cm³/mol. The Hall–Kier alpha value is -1.87. The number of halogens is 3. The lowest BCUT2D eigenvalue weighted by atomic mass is 10.2. The number of hydrogen-bond acceptors (Lipinski definition) is 0. The third-order valence-corrected chi connectivity index (χ3v) is 3.43. The molecule has 0 aliphatic carbocycles. The van der Waals surface area contributed by atoms with Crippen LogP contribution in [0.2, 0.25) is 5.02 Å². The Balaban J connectivity index is 2.01. The van der Waals surface area contributed by atoms with Crippen molar-refractivity contribution >= 4 is 22.5 Å². The average Bonchev–Trinajstić information content (AvgIpc) is 2.79. The maximum atomic E-state index is 13.2. The summed E-state index contributed by atoms with van der Waals surface area (Å²) in [6.45, 7) is 0.473. The minimum absolute atomic E-state index is 0.473. The average molecular weight is 278 g/mol. The van der Waals surface area contributed by atoms with E-state index in [2.05, 4.69) is 0 Å². The molecule has 0 radical (unpaired) electrons. The zero-order chi connectivity index (χ0) is 13.4. The molecule has 0 unspecified atom stereocenters. The number of hydrogen-bond donors (Lipinski definition) is 0. The first-order valence-electron chi connectivity index (χ1n) is 5.82. The second-order valence-electron chi connectivity index (χ2n) is 4.36. The number of nitrogens with zero attached hydrogens (tertiary/aromatic N) is 1. The maximum absolute atomic E-state index is 13.2. The lowest BCUT2D eigenvalue weighted by molar-refractivity contribution is 0.506. The highest BCUT2D eigenvalue weighted by Gasteiger charge is 2.06. The lowest BCUT2D eigenvalue weighted by Crippen LogP contribution is -1.99. The SMILES string of the molecule is Fc1ccc(Cn2ccc3c(Cl)cccc32)cc1F. The zero-order valence-corrected chi connectivity index (χ0v) is 10.7. The van der Waals surface area contributed by atoms with E-state index < -0.39 is 11.6 Å². The molecular weight excluding hydrogens is 268 g/mol. The van der Waals surface area contributed by atoms with Crippen LogP contribution in [0.4, 0.5) is 8.78 Å². The minimum atomic E-state index is -0.829. The highest BCUT2D eigenvalue weighted by atomic mass is 35.5. The third kappa shape index (κ3) is 2.22. The van der Waals surface area contributed by atoms with Crippen LogP contribution in [0.25, 0.3) is 10.9 Å². The summed E-state index contributed by atoms with van der Waals surface area (Å²) < 4.78 is 28.0. The van der Waals surface area contributed by atoms with Gasteiger partial charge < -0.3 is 4.57 Å². The highest BCUT2D eigenvalue weighted by molar-refractivity contribution is 6.35. The summed E-state index contributed by atoms with van der Waals surface area (Å²) in [4.78, 5) is 0.